The number of aromatic nitrogens is 7. The molecule has 3 N–H and O–H groups in total. The number of anilines is 4. The van der Waals surface area contributed by atoms with E-state index in [1.807, 2.05) is 20.2 Å². The van der Waals surface area contributed by atoms with Gasteiger partial charge in [0, 0.05) is 45.6 Å². The number of nitrogens with zero attached hydrogens (tertiary/aromatic N) is 8. The Morgan fingerprint density at radius 2 is 1.94 bits per heavy atom. The summed E-state index contributed by atoms with van der Waals surface area (Å²) in [5.41, 5.74) is 4.38. The first-order valence-corrected chi connectivity index (χ1v) is 11.9. The zero-order chi connectivity index (χ0) is 24.2. The molecule has 4 aromatic heterocycles. The van der Waals surface area contributed by atoms with Crippen LogP contribution in [0.4, 0.5) is 23.1 Å². The number of likely N-dealkylation sites (tertiary alicyclic amines) is 1. The first kappa shape index (κ1) is 23.1. The second kappa shape index (κ2) is 10.3. The highest BCUT2D eigenvalue weighted by Gasteiger charge is 2.17. The van der Waals surface area contributed by atoms with Crippen LogP contribution in [0.15, 0.2) is 37.2 Å². The van der Waals surface area contributed by atoms with Crippen molar-refractivity contribution in [3.8, 4) is 0 Å². The number of fused-ring (bicyclic) bond motifs is 1. The molecule has 0 spiro atoms. The SMILES string of the molecule is Cc1ncc(CNCCN2CC[C@H](C)C2)cc1Nc1nn(C)c2nc(Nc3cncnc3)ncc12. The van der Waals surface area contributed by atoms with E-state index in [4.69, 9.17) is 0 Å². The molecule has 4 aromatic rings. The van der Waals surface area contributed by atoms with E-state index in [9.17, 15) is 0 Å². The Hall–Kier alpha value is -3.70. The van der Waals surface area contributed by atoms with Crippen LogP contribution in [0, 0.1) is 12.8 Å². The van der Waals surface area contributed by atoms with Crippen molar-refractivity contribution in [3.05, 3.63) is 48.4 Å². The van der Waals surface area contributed by atoms with Gasteiger partial charge in [0.1, 0.15) is 6.33 Å². The quantitative estimate of drug-likeness (QED) is 0.313. The van der Waals surface area contributed by atoms with Gasteiger partial charge in [-0.15, -0.1) is 0 Å². The van der Waals surface area contributed by atoms with Crippen LogP contribution >= 0.6 is 0 Å². The summed E-state index contributed by atoms with van der Waals surface area (Å²) in [6, 6.07) is 2.12. The molecule has 11 nitrogen and oxygen atoms in total. The largest absolute Gasteiger partial charge is 0.337 e. The Bertz CT molecular complexity index is 1290. The minimum absolute atomic E-state index is 0.455. The molecule has 1 aliphatic rings. The summed E-state index contributed by atoms with van der Waals surface area (Å²) in [6.45, 7) is 9.56. The average Bonchev–Trinajstić information content (AvgIpc) is 3.41. The molecule has 35 heavy (non-hydrogen) atoms. The fourth-order valence-corrected chi connectivity index (χ4v) is 4.31. The molecule has 5 rings (SSSR count). The highest BCUT2D eigenvalue weighted by molar-refractivity contribution is 5.89. The van der Waals surface area contributed by atoms with Crippen LogP contribution in [0.5, 0.6) is 0 Å². The normalized spacial score (nSPS) is 16.1. The van der Waals surface area contributed by atoms with Gasteiger partial charge < -0.3 is 20.9 Å². The first-order chi connectivity index (χ1) is 17.0. The second-order valence-electron chi connectivity index (χ2n) is 9.13. The van der Waals surface area contributed by atoms with Gasteiger partial charge in [0.2, 0.25) is 5.95 Å². The van der Waals surface area contributed by atoms with E-state index in [2.05, 4.69) is 63.9 Å². The van der Waals surface area contributed by atoms with Crippen LogP contribution in [0.25, 0.3) is 11.0 Å². The fourth-order valence-electron chi connectivity index (χ4n) is 4.31. The van der Waals surface area contributed by atoms with Gasteiger partial charge in [0.15, 0.2) is 11.5 Å². The predicted octanol–water partition coefficient (Wildman–Crippen LogP) is 2.78. The summed E-state index contributed by atoms with van der Waals surface area (Å²) in [6.07, 6.45) is 9.81. The third-order valence-corrected chi connectivity index (χ3v) is 6.24. The maximum atomic E-state index is 4.63. The molecule has 1 saturated heterocycles. The number of hydrogen-bond acceptors (Lipinski definition) is 10. The minimum atomic E-state index is 0.455. The molecule has 0 saturated carbocycles. The van der Waals surface area contributed by atoms with Crippen molar-refractivity contribution in [2.45, 2.75) is 26.8 Å². The molecule has 5 heterocycles. The molecule has 1 atom stereocenters. The number of nitrogens with one attached hydrogen (secondary N) is 3. The van der Waals surface area contributed by atoms with Gasteiger partial charge in [0.05, 0.1) is 34.8 Å². The lowest BCUT2D eigenvalue weighted by Crippen LogP contribution is -2.30. The summed E-state index contributed by atoms with van der Waals surface area (Å²) in [5, 5.41) is 15.6. The topological polar surface area (TPSA) is 122 Å². The van der Waals surface area contributed by atoms with Gasteiger partial charge in [-0.05, 0) is 37.4 Å². The first-order valence-electron chi connectivity index (χ1n) is 11.9. The van der Waals surface area contributed by atoms with E-state index < -0.39 is 0 Å². The third kappa shape index (κ3) is 5.52. The molecule has 11 heteroatoms. The number of aryl methyl sites for hydroxylation is 2. The Balaban J connectivity index is 1.25. The van der Waals surface area contributed by atoms with Gasteiger partial charge in [-0.1, -0.05) is 6.92 Å². The van der Waals surface area contributed by atoms with Crippen molar-refractivity contribution in [1.82, 2.24) is 44.9 Å². The van der Waals surface area contributed by atoms with E-state index >= 15 is 0 Å². The molecule has 0 radical (unpaired) electrons. The van der Waals surface area contributed by atoms with Crippen LogP contribution in [-0.2, 0) is 13.6 Å². The second-order valence-corrected chi connectivity index (χ2v) is 9.13. The molecule has 0 bridgehead atoms. The standard InChI is InChI=1S/C24H31N11/c1-16-4-6-35(14-16)7-5-25-9-18-8-21(17(2)28-10-18)31-22-20-13-29-24(32-23(20)34(3)33-22)30-19-11-26-15-27-12-19/h8,10-13,15-16,25H,4-7,9,14H2,1-3H3,(H,31,33)(H,29,30,32)/t16-/m0/s1. The van der Waals surface area contributed by atoms with Crippen molar-refractivity contribution in [2.75, 3.05) is 36.8 Å². The van der Waals surface area contributed by atoms with Crippen molar-refractivity contribution in [2.24, 2.45) is 13.0 Å². The number of rotatable bonds is 9. The highest BCUT2D eigenvalue weighted by atomic mass is 15.3. The highest BCUT2D eigenvalue weighted by Crippen LogP contribution is 2.26. The van der Waals surface area contributed by atoms with Gasteiger partial charge in [0.25, 0.3) is 0 Å². The van der Waals surface area contributed by atoms with Crippen molar-refractivity contribution in [3.63, 3.8) is 0 Å². The van der Waals surface area contributed by atoms with E-state index in [1.54, 1.807) is 23.3 Å². The van der Waals surface area contributed by atoms with Crippen LogP contribution in [0.2, 0.25) is 0 Å². The van der Waals surface area contributed by atoms with Crippen molar-refractivity contribution < 1.29 is 0 Å². The smallest absolute Gasteiger partial charge is 0.229 e. The molecule has 0 amide bonds. The van der Waals surface area contributed by atoms with Crippen molar-refractivity contribution in [1.29, 1.82) is 0 Å². The Labute approximate surface area is 204 Å². The summed E-state index contributed by atoms with van der Waals surface area (Å²) in [7, 11) is 1.86. The molecule has 0 aromatic carbocycles. The van der Waals surface area contributed by atoms with Crippen LogP contribution in [0.1, 0.15) is 24.6 Å². The Morgan fingerprint density at radius 3 is 2.74 bits per heavy atom. The monoisotopic (exact) mass is 473 g/mol. The van der Waals surface area contributed by atoms with Gasteiger partial charge in [-0.2, -0.15) is 10.1 Å². The van der Waals surface area contributed by atoms with Crippen LogP contribution in [0.3, 0.4) is 0 Å². The Kier molecular flexibility index (Phi) is 6.77. The lowest BCUT2D eigenvalue weighted by Gasteiger charge is -2.15. The fraction of sp³-hybridized carbons (Fsp3) is 0.417. The average molecular weight is 474 g/mol. The summed E-state index contributed by atoms with van der Waals surface area (Å²) in [5.74, 6) is 1.96. The van der Waals surface area contributed by atoms with Gasteiger partial charge in [-0.25, -0.2) is 19.6 Å². The molecule has 1 aliphatic heterocycles. The zero-order valence-corrected chi connectivity index (χ0v) is 20.4. The van der Waals surface area contributed by atoms with E-state index in [0.29, 0.717) is 17.4 Å². The predicted molar refractivity (Wildman–Crippen MR) is 136 cm³/mol. The molecular weight excluding hydrogens is 442 g/mol. The third-order valence-electron chi connectivity index (χ3n) is 6.24. The van der Waals surface area contributed by atoms with Crippen LogP contribution in [-0.4, -0.2) is 65.8 Å². The lowest BCUT2D eigenvalue weighted by molar-refractivity contribution is 0.325. The molecule has 0 aliphatic carbocycles. The van der Waals surface area contributed by atoms with Crippen LogP contribution < -0.4 is 16.0 Å². The lowest BCUT2D eigenvalue weighted by atomic mass is 10.2. The summed E-state index contributed by atoms with van der Waals surface area (Å²) < 4.78 is 1.74. The molecule has 182 valence electrons. The van der Waals surface area contributed by atoms with Crippen molar-refractivity contribution >= 4 is 34.2 Å². The molecule has 0 unspecified atom stereocenters. The number of pyridine rings is 1. The zero-order valence-electron chi connectivity index (χ0n) is 20.4. The van der Waals surface area contributed by atoms with Gasteiger partial charge >= 0.3 is 0 Å². The van der Waals surface area contributed by atoms with E-state index in [-0.39, 0.29) is 0 Å². The Morgan fingerprint density at radius 1 is 1.09 bits per heavy atom. The summed E-state index contributed by atoms with van der Waals surface area (Å²) >= 11 is 0. The minimum Gasteiger partial charge on any atom is -0.337 e. The summed E-state index contributed by atoms with van der Waals surface area (Å²) in [4.78, 5) is 24.2. The molecular formula is C24H31N11. The maximum Gasteiger partial charge on any atom is 0.229 e. The van der Waals surface area contributed by atoms with E-state index in [1.165, 1.54) is 25.8 Å². The number of hydrogen-bond donors (Lipinski definition) is 3. The molecule has 1 fully saturated rings. The maximum absolute atomic E-state index is 4.63. The van der Waals surface area contributed by atoms with E-state index in [0.717, 1.165) is 53.6 Å². The van der Waals surface area contributed by atoms with Gasteiger partial charge in [-0.3, -0.25) is 4.98 Å².